The number of aromatic nitrogens is 1. The highest BCUT2D eigenvalue weighted by molar-refractivity contribution is 7.93. The van der Waals surface area contributed by atoms with Gasteiger partial charge in [0, 0.05) is 29.2 Å². The number of carbonyl (C=O) groups is 1. The summed E-state index contributed by atoms with van der Waals surface area (Å²) < 4.78 is 46.3. The van der Waals surface area contributed by atoms with E-state index in [4.69, 9.17) is 25.5 Å². The van der Waals surface area contributed by atoms with Gasteiger partial charge in [0.15, 0.2) is 5.54 Å². The molecule has 1 aliphatic heterocycles. The fourth-order valence-electron chi connectivity index (χ4n) is 5.53. The van der Waals surface area contributed by atoms with Gasteiger partial charge in [-0.15, -0.1) is 0 Å². The van der Waals surface area contributed by atoms with Crippen molar-refractivity contribution in [2.45, 2.75) is 37.2 Å². The topological polar surface area (TPSA) is 114 Å². The van der Waals surface area contributed by atoms with E-state index in [1.54, 1.807) is 29.2 Å². The van der Waals surface area contributed by atoms with E-state index in [9.17, 15) is 8.42 Å². The monoisotopic (exact) mass is 624 g/mol. The van der Waals surface area contributed by atoms with Crippen molar-refractivity contribution in [2.24, 2.45) is 0 Å². The third-order valence-electron chi connectivity index (χ3n) is 7.44. The standard InChI is InChI=1S/C31H33ClN4O6S/c1-5-15-33-20-21-7-14-28(41-4)26(18-21)31(35(6-2)30-34-16-17-42-30)25-19-22(32)8-13-27(25)36(29(31)37)43(38,39)24-11-9-23(40-3)10-12-24/h7-14,16-19,33H,5-6,15,20H2,1-4H3. The number of anilines is 2. The molecule has 5 rings (SSSR count). The summed E-state index contributed by atoms with van der Waals surface area (Å²) in [5.41, 5.74) is 0.0171. The van der Waals surface area contributed by atoms with Gasteiger partial charge in [0.05, 0.1) is 31.0 Å². The number of methoxy groups -OCH3 is 2. The summed E-state index contributed by atoms with van der Waals surface area (Å²) in [5.74, 6) is 0.109. The molecular formula is C31H33ClN4O6S. The highest BCUT2D eigenvalue weighted by Gasteiger charge is 2.61. The lowest BCUT2D eigenvalue weighted by molar-refractivity contribution is -0.120. The number of carbonyl (C=O) groups excluding carboxylic acids is 1. The summed E-state index contributed by atoms with van der Waals surface area (Å²) in [6, 6.07) is 16.3. The average molecular weight is 625 g/mol. The Kier molecular flexibility index (Phi) is 8.68. The van der Waals surface area contributed by atoms with Crippen molar-refractivity contribution >= 4 is 39.2 Å². The Balaban J connectivity index is 1.84. The van der Waals surface area contributed by atoms with Crippen LogP contribution in [0.1, 0.15) is 37.0 Å². The lowest BCUT2D eigenvalue weighted by Crippen LogP contribution is -2.55. The number of benzene rings is 3. The number of fused-ring (bicyclic) bond motifs is 1. The van der Waals surface area contributed by atoms with E-state index >= 15 is 4.79 Å². The first kappa shape index (κ1) is 30.4. The van der Waals surface area contributed by atoms with Crippen molar-refractivity contribution in [3.8, 4) is 11.5 Å². The lowest BCUT2D eigenvalue weighted by atomic mass is 9.80. The van der Waals surface area contributed by atoms with Crippen LogP contribution in [0, 0.1) is 0 Å². The van der Waals surface area contributed by atoms with E-state index in [1.807, 2.05) is 19.1 Å². The van der Waals surface area contributed by atoms with E-state index in [-0.39, 0.29) is 23.1 Å². The molecule has 43 heavy (non-hydrogen) atoms. The minimum absolute atomic E-state index is 0.0815. The number of hydrogen-bond donors (Lipinski definition) is 1. The van der Waals surface area contributed by atoms with Crippen molar-refractivity contribution in [3.63, 3.8) is 0 Å². The van der Waals surface area contributed by atoms with E-state index in [2.05, 4.69) is 17.2 Å². The zero-order valence-corrected chi connectivity index (χ0v) is 25.9. The summed E-state index contributed by atoms with van der Waals surface area (Å²) in [5, 5.41) is 3.71. The Morgan fingerprint density at radius 3 is 2.42 bits per heavy atom. The lowest BCUT2D eigenvalue weighted by Gasteiger charge is -2.40. The number of oxazole rings is 1. The number of hydrogen-bond acceptors (Lipinski definition) is 9. The minimum Gasteiger partial charge on any atom is -0.497 e. The zero-order valence-electron chi connectivity index (χ0n) is 24.3. The molecule has 1 unspecified atom stereocenters. The Bertz CT molecular complexity index is 1710. The van der Waals surface area contributed by atoms with Gasteiger partial charge in [0.2, 0.25) is 0 Å². The Labute approximate surface area is 256 Å². The zero-order chi connectivity index (χ0) is 30.8. The SMILES string of the molecule is CCCNCc1ccc(OC)c(C2(N(CC)c3ncco3)C(=O)N(S(=O)(=O)c3ccc(OC)cc3)c3ccc(Cl)cc32)c1. The van der Waals surface area contributed by atoms with Crippen LogP contribution in [-0.2, 0) is 26.9 Å². The first-order valence-corrected chi connectivity index (χ1v) is 15.6. The minimum atomic E-state index is -4.42. The molecule has 0 saturated carbocycles. The van der Waals surface area contributed by atoms with E-state index in [1.165, 1.54) is 50.9 Å². The van der Waals surface area contributed by atoms with Crippen molar-refractivity contribution in [1.82, 2.24) is 10.3 Å². The van der Waals surface area contributed by atoms with Crippen LogP contribution in [0.5, 0.6) is 11.5 Å². The second-order valence-electron chi connectivity index (χ2n) is 9.89. The fourth-order valence-corrected chi connectivity index (χ4v) is 7.16. The van der Waals surface area contributed by atoms with E-state index < -0.39 is 21.5 Å². The molecule has 12 heteroatoms. The quantitative estimate of drug-likeness (QED) is 0.208. The molecule has 4 aromatic rings. The van der Waals surface area contributed by atoms with Crippen LogP contribution >= 0.6 is 11.6 Å². The molecule has 10 nitrogen and oxygen atoms in total. The molecule has 0 bridgehead atoms. The first-order chi connectivity index (χ1) is 20.7. The molecule has 1 amide bonds. The van der Waals surface area contributed by atoms with Gasteiger partial charge < -0.3 is 24.1 Å². The third kappa shape index (κ3) is 5.11. The van der Waals surface area contributed by atoms with Crippen LogP contribution in [0.3, 0.4) is 0 Å². The highest BCUT2D eigenvalue weighted by Crippen LogP contribution is 2.54. The molecule has 2 heterocycles. The van der Waals surface area contributed by atoms with Gasteiger partial charge >= 0.3 is 0 Å². The largest absolute Gasteiger partial charge is 0.497 e. The normalized spacial score (nSPS) is 16.3. The molecular weight excluding hydrogens is 592 g/mol. The molecule has 3 aromatic carbocycles. The molecule has 1 aromatic heterocycles. The number of sulfonamides is 1. The van der Waals surface area contributed by atoms with Crippen LogP contribution in [-0.4, -0.2) is 46.6 Å². The van der Waals surface area contributed by atoms with Gasteiger partial charge in [-0.2, -0.15) is 4.31 Å². The number of likely N-dealkylation sites (N-methyl/N-ethyl adjacent to an activating group) is 1. The molecule has 0 spiro atoms. The molecule has 226 valence electrons. The van der Waals surface area contributed by atoms with Gasteiger partial charge in [0.1, 0.15) is 17.8 Å². The number of nitrogens with zero attached hydrogens (tertiary/aromatic N) is 3. The van der Waals surface area contributed by atoms with Crippen molar-refractivity contribution in [1.29, 1.82) is 0 Å². The first-order valence-electron chi connectivity index (χ1n) is 13.8. The summed E-state index contributed by atoms with van der Waals surface area (Å²) in [6.07, 6.45) is 3.82. The smallest absolute Gasteiger partial charge is 0.298 e. The summed E-state index contributed by atoms with van der Waals surface area (Å²) >= 11 is 6.57. The Morgan fingerprint density at radius 1 is 1.02 bits per heavy atom. The van der Waals surface area contributed by atoms with Crippen molar-refractivity contribution < 1.29 is 27.1 Å². The van der Waals surface area contributed by atoms with Gasteiger partial charge in [-0.1, -0.05) is 24.6 Å². The molecule has 1 aliphatic rings. The van der Waals surface area contributed by atoms with Crippen LogP contribution in [0.2, 0.25) is 5.02 Å². The van der Waals surface area contributed by atoms with E-state index in [0.717, 1.165) is 22.8 Å². The van der Waals surface area contributed by atoms with Gasteiger partial charge in [-0.3, -0.25) is 4.79 Å². The maximum Gasteiger partial charge on any atom is 0.298 e. The number of nitrogens with one attached hydrogen (secondary N) is 1. The number of halogens is 1. The fraction of sp³-hybridized carbons (Fsp3) is 0.290. The molecule has 0 radical (unpaired) electrons. The van der Waals surface area contributed by atoms with Crippen LogP contribution < -0.4 is 24.0 Å². The van der Waals surface area contributed by atoms with E-state index in [0.29, 0.717) is 34.2 Å². The maximum atomic E-state index is 15.2. The van der Waals surface area contributed by atoms with Gasteiger partial charge in [-0.05, 0) is 80.1 Å². The second kappa shape index (κ2) is 12.3. The predicted octanol–water partition coefficient (Wildman–Crippen LogP) is 5.35. The Hall–Kier alpha value is -4.06. The highest BCUT2D eigenvalue weighted by atomic mass is 35.5. The van der Waals surface area contributed by atoms with Crippen LogP contribution in [0.25, 0.3) is 0 Å². The molecule has 0 fully saturated rings. The van der Waals surface area contributed by atoms with Crippen LogP contribution in [0.4, 0.5) is 11.7 Å². The number of ether oxygens (including phenoxy) is 2. The summed E-state index contributed by atoms with van der Waals surface area (Å²) in [7, 11) is -1.43. The maximum absolute atomic E-state index is 15.2. The molecule has 0 saturated heterocycles. The third-order valence-corrected chi connectivity index (χ3v) is 9.39. The Morgan fingerprint density at radius 2 is 1.79 bits per heavy atom. The molecule has 0 aliphatic carbocycles. The van der Waals surface area contributed by atoms with Crippen LogP contribution in [0.15, 0.2) is 82.4 Å². The molecule has 1 N–H and O–H groups in total. The van der Waals surface area contributed by atoms with Crippen molar-refractivity contribution in [3.05, 3.63) is 94.8 Å². The average Bonchev–Trinajstić information content (AvgIpc) is 3.63. The number of rotatable bonds is 12. The van der Waals surface area contributed by atoms with Crippen molar-refractivity contribution in [2.75, 3.05) is 36.5 Å². The molecule has 1 atom stereocenters. The predicted molar refractivity (Wildman–Crippen MR) is 164 cm³/mol. The number of amides is 1. The summed E-state index contributed by atoms with van der Waals surface area (Å²) in [4.78, 5) is 21.1. The second-order valence-corrected chi connectivity index (χ2v) is 12.1. The van der Waals surface area contributed by atoms with Gasteiger partial charge in [-0.25, -0.2) is 13.4 Å². The van der Waals surface area contributed by atoms with Gasteiger partial charge in [0.25, 0.3) is 21.9 Å². The summed E-state index contributed by atoms with van der Waals surface area (Å²) in [6.45, 7) is 5.46.